The Labute approximate surface area is 649 Å². The number of aliphatic carboxylic acids is 1. The van der Waals surface area contributed by atoms with E-state index in [1.165, 1.54) is 437 Å². The van der Waals surface area contributed by atoms with E-state index in [-0.39, 0.29) is 32.2 Å². The van der Waals surface area contributed by atoms with E-state index in [4.69, 9.17) is 18.9 Å². The maximum Gasteiger partial charge on any atom is 0.306 e. The van der Waals surface area contributed by atoms with Crippen LogP contribution in [0.2, 0.25) is 0 Å². The van der Waals surface area contributed by atoms with Crippen LogP contribution in [0.4, 0.5) is 0 Å². The fraction of sp³-hybridized carbons (Fsp3) is 0.926. The number of likely N-dealkylation sites (N-methyl/N-ethyl adjacent to an activating group) is 1. The maximum atomic E-state index is 13.0. The first-order valence-electron chi connectivity index (χ1n) is 47.0. The predicted molar refractivity (Wildman–Crippen MR) is 450 cm³/mol. The van der Waals surface area contributed by atoms with Gasteiger partial charge >= 0.3 is 11.9 Å². The van der Waals surface area contributed by atoms with Crippen LogP contribution in [0.1, 0.15) is 508 Å². The summed E-state index contributed by atoms with van der Waals surface area (Å²) in [4.78, 5) is 37.7. The lowest BCUT2D eigenvalue weighted by molar-refractivity contribution is -0.870. The van der Waals surface area contributed by atoms with Crippen molar-refractivity contribution in [1.29, 1.82) is 0 Å². The lowest BCUT2D eigenvalue weighted by atomic mass is 10.0. The monoisotopic (exact) mass is 1470 g/mol. The van der Waals surface area contributed by atoms with Gasteiger partial charge in [0.2, 0.25) is 0 Å². The number of carboxylic acids is 1. The van der Waals surface area contributed by atoms with E-state index in [0.29, 0.717) is 17.4 Å². The first-order chi connectivity index (χ1) is 51.1. The molecular weight excluding hydrogens is 1280 g/mol. The molecule has 0 amide bonds. The van der Waals surface area contributed by atoms with Gasteiger partial charge in [0.25, 0.3) is 0 Å². The molecular formula is C95H183NO8. The molecule has 9 heteroatoms. The molecule has 0 aromatic carbocycles. The zero-order chi connectivity index (χ0) is 75.3. The van der Waals surface area contributed by atoms with Crippen molar-refractivity contribution in [1.82, 2.24) is 0 Å². The molecule has 0 spiro atoms. The van der Waals surface area contributed by atoms with E-state index >= 15 is 0 Å². The lowest BCUT2D eigenvalue weighted by Gasteiger charge is -2.26. The summed E-state index contributed by atoms with van der Waals surface area (Å²) in [6, 6.07) is 0. The summed E-state index contributed by atoms with van der Waals surface area (Å²) in [5, 5.41) is 11.9. The third kappa shape index (κ3) is 87.0. The number of hydrogen-bond acceptors (Lipinski definition) is 8. The molecule has 0 N–H and O–H groups in total. The Kier molecular flexibility index (Phi) is 84.5. The summed E-state index contributed by atoms with van der Waals surface area (Å²) in [6.07, 6.45) is 110. The molecule has 2 atom stereocenters. The second-order valence-electron chi connectivity index (χ2n) is 33.7. The Morgan fingerprint density at radius 1 is 0.288 bits per heavy atom. The highest BCUT2D eigenvalue weighted by atomic mass is 16.7. The van der Waals surface area contributed by atoms with Gasteiger partial charge in [-0.1, -0.05) is 475 Å². The van der Waals surface area contributed by atoms with Crippen LogP contribution >= 0.6 is 0 Å². The Bertz CT molecular complexity index is 1760. The molecule has 9 nitrogen and oxygen atoms in total. The highest BCUT2D eigenvalue weighted by Crippen LogP contribution is 2.22. The summed E-state index contributed by atoms with van der Waals surface area (Å²) in [7, 11) is 5.96. The molecule has 0 rings (SSSR count). The van der Waals surface area contributed by atoms with Crippen LogP contribution in [0.5, 0.6) is 0 Å². The fourth-order valence-electron chi connectivity index (χ4n) is 14.8. The van der Waals surface area contributed by atoms with Gasteiger partial charge in [-0.05, 0) is 44.9 Å². The topological polar surface area (TPSA) is 111 Å². The molecule has 0 radical (unpaired) electrons. The Morgan fingerprint density at radius 3 is 0.760 bits per heavy atom. The molecule has 0 aromatic heterocycles. The van der Waals surface area contributed by atoms with Gasteiger partial charge in [0.1, 0.15) is 13.2 Å². The summed E-state index contributed by atoms with van der Waals surface area (Å²) < 4.78 is 23.0. The second-order valence-corrected chi connectivity index (χ2v) is 33.7. The molecule has 0 aromatic rings. The summed E-state index contributed by atoms with van der Waals surface area (Å²) in [5.41, 5.74) is 0. The first kappa shape index (κ1) is 102. The van der Waals surface area contributed by atoms with Crippen LogP contribution in [-0.2, 0) is 33.3 Å². The molecule has 0 heterocycles. The van der Waals surface area contributed by atoms with E-state index in [0.717, 1.165) is 44.9 Å². The second kappa shape index (κ2) is 86.4. The van der Waals surface area contributed by atoms with Crippen molar-refractivity contribution in [2.24, 2.45) is 0 Å². The van der Waals surface area contributed by atoms with Crippen molar-refractivity contribution >= 4 is 17.9 Å². The molecule has 0 saturated carbocycles. The quantitative estimate of drug-likeness (QED) is 0.0195. The number of unbranched alkanes of at least 4 members (excludes halogenated alkanes) is 71. The van der Waals surface area contributed by atoms with Gasteiger partial charge in [-0.3, -0.25) is 9.59 Å². The summed E-state index contributed by atoms with van der Waals surface area (Å²) >= 11 is 0. The summed E-state index contributed by atoms with van der Waals surface area (Å²) in [5.74, 6) is -2.24. The van der Waals surface area contributed by atoms with Gasteiger partial charge in [-0.25, -0.2) is 0 Å². The molecule has 0 fully saturated rings. The van der Waals surface area contributed by atoms with E-state index in [1.807, 2.05) is 21.1 Å². The number of allylic oxidation sites excluding steroid dienone is 4. The zero-order valence-electron chi connectivity index (χ0n) is 71.0. The van der Waals surface area contributed by atoms with Crippen LogP contribution in [0.3, 0.4) is 0 Å². The SMILES string of the molecule is CCCCCCC/C=C\C/C=C\CCCCCCCCCCCCCCCCCCCCCCCCCCCCCCCC(=O)OC(COC(=O)CCCCCCCCCCCCCCCCCCCCCCCCCCCCCCCCCCCCCCCC)COC(OCC[N+](C)(C)C)C(=O)[O-]. The third-order valence-corrected chi connectivity index (χ3v) is 22.0. The molecule has 616 valence electrons. The molecule has 0 aliphatic rings. The molecule has 0 aliphatic carbocycles. The zero-order valence-corrected chi connectivity index (χ0v) is 71.0. The number of carbonyl (C=O) groups is 3. The highest BCUT2D eigenvalue weighted by molar-refractivity contribution is 5.70. The third-order valence-electron chi connectivity index (χ3n) is 22.0. The number of hydrogen-bond donors (Lipinski definition) is 0. The minimum Gasteiger partial charge on any atom is -0.545 e. The van der Waals surface area contributed by atoms with Crippen molar-refractivity contribution in [3.63, 3.8) is 0 Å². The van der Waals surface area contributed by atoms with Crippen molar-refractivity contribution in [2.75, 3.05) is 47.5 Å². The maximum absolute atomic E-state index is 13.0. The smallest absolute Gasteiger partial charge is 0.306 e. The van der Waals surface area contributed by atoms with Crippen molar-refractivity contribution in [3.05, 3.63) is 24.3 Å². The van der Waals surface area contributed by atoms with Crippen molar-refractivity contribution in [3.8, 4) is 0 Å². The van der Waals surface area contributed by atoms with Crippen molar-refractivity contribution in [2.45, 2.75) is 521 Å². The van der Waals surface area contributed by atoms with Crippen LogP contribution in [-0.4, -0.2) is 82.3 Å². The van der Waals surface area contributed by atoms with Gasteiger partial charge in [0.05, 0.1) is 40.3 Å². The van der Waals surface area contributed by atoms with Crippen LogP contribution < -0.4 is 5.11 Å². The average molecular weight is 1470 g/mol. The van der Waals surface area contributed by atoms with E-state index < -0.39 is 24.3 Å². The molecule has 0 saturated heterocycles. The van der Waals surface area contributed by atoms with E-state index in [1.54, 1.807) is 0 Å². The van der Waals surface area contributed by atoms with Gasteiger partial charge in [-0.15, -0.1) is 0 Å². The van der Waals surface area contributed by atoms with E-state index in [2.05, 4.69) is 38.2 Å². The molecule has 0 bridgehead atoms. The van der Waals surface area contributed by atoms with Gasteiger partial charge < -0.3 is 33.3 Å². The number of esters is 2. The van der Waals surface area contributed by atoms with Crippen LogP contribution in [0, 0.1) is 0 Å². The van der Waals surface area contributed by atoms with Gasteiger partial charge in [0.15, 0.2) is 12.4 Å². The summed E-state index contributed by atoms with van der Waals surface area (Å²) in [6.45, 7) is 4.84. The molecule has 104 heavy (non-hydrogen) atoms. The predicted octanol–water partition coefficient (Wildman–Crippen LogP) is 29.4. The average Bonchev–Trinajstić information content (AvgIpc) is 0.971. The van der Waals surface area contributed by atoms with E-state index in [9.17, 15) is 19.5 Å². The number of carbonyl (C=O) groups excluding carboxylic acids is 3. The van der Waals surface area contributed by atoms with Gasteiger partial charge in [0, 0.05) is 12.8 Å². The standard InChI is InChI=1S/C95H183NO8/c1-6-8-10-12-14-16-18-20-22-24-26-28-30-32-34-36-38-40-42-44-46-47-48-50-52-54-56-58-60-62-64-66-68-70-72-74-76-78-80-82-84-86-93(98)104-91(90-103-95(94(99)100)101-88-87-96(3,4)5)89-102-92(97)85-83-81-79-77-75-73-71-69-67-65-63-61-59-57-55-53-51-49-45-43-41-39-37-35-33-31-29-27-25-23-21-19-17-15-13-11-9-7-2/h18,20,24,26,91,95H,6-17,19,21-23,25,27-90H2,1-5H3/b20-18-,26-24-. The number of carboxylic acid groups (broad SMARTS) is 1. The largest absolute Gasteiger partial charge is 0.545 e. The normalized spacial score (nSPS) is 12.6. The Hall–Kier alpha value is -2.23. The number of quaternary nitrogens is 1. The van der Waals surface area contributed by atoms with Crippen LogP contribution in [0.15, 0.2) is 24.3 Å². The van der Waals surface area contributed by atoms with Crippen molar-refractivity contribution < 1.29 is 42.9 Å². The minimum absolute atomic E-state index is 0.153. The minimum atomic E-state index is -1.62. The number of rotatable bonds is 90. The Balaban J connectivity index is 3.85. The fourth-order valence-corrected chi connectivity index (χ4v) is 14.8. The molecule has 0 aliphatic heterocycles. The Morgan fingerprint density at radius 2 is 0.519 bits per heavy atom. The van der Waals surface area contributed by atoms with Gasteiger partial charge in [-0.2, -0.15) is 0 Å². The van der Waals surface area contributed by atoms with Crippen LogP contribution in [0.25, 0.3) is 0 Å². The molecule has 2 unspecified atom stereocenters. The number of ether oxygens (including phenoxy) is 4. The lowest BCUT2D eigenvalue weighted by Crippen LogP contribution is -2.44. The number of nitrogens with zero attached hydrogens (tertiary/aromatic N) is 1. The first-order valence-corrected chi connectivity index (χ1v) is 47.0. The highest BCUT2D eigenvalue weighted by Gasteiger charge is 2.22.